The molecule has 4 atom stereocenters. The molecule has 0 aliphatic carbocycles. The van der Waals surface area contributed by atoms with Crippen molar-refractivity contribution in [2.24, 2.45) is 16.9 Å². The normalized spacial score (nSPS) is 23.8. The number of carbonyl (C=O) groups is 3. The Labute approximate surface area is 215 Å². The third kappa shape index (κ3) is 3.43. The summed E-state index contributed by atoms with van der Waals surface area (Å²) in [6.07, 6.45) is -3.23. The predicted molar refractivity (Wildman–Crippen MR) is 131 cm³/mol. The molecule has 6 rings (SSSR count). The van der Waals surface area contributed by atoms with Crippen LogP contribution in [0, 0.1) is 11.8 Å². The lowest BCUT2D eigenvalue weighted by atomic mass is 9.83. The highest BCUT2D eigenvalue weighted by molar-refractivity contribution is 6.25. The van der Waals surface area contributed by atoms with Crippen LogP contribution in [0.25, 0.3) is 0 Å². The summed E-state index contributed by atoms with van der Waals surface area (Å²) < 4.78 is 46.7. The van der Waals surface area contributed by atoms with E-state index in [2.05, 4.69) is 5.10 Å². The highest BCUT2D eigenvalue weighted by atomic mass is 19.4. The van der Waals surface area contributed by atoms with E-state index in [1.807, 2.05) is 0 Å². The molecular weight excluding hydrogens is 499 g/mol. The van der Waals surface area contributed by atoms with Gasteiger partial charge in [0, 0.05) is 5.56 Å². The number of carbonyl (C=O) groups excluding carboxylic acids is 3. The van der Waals surface area contributed by atoms with E-state index < -0.39 is 58.9 Å². The van der Waals surface area contributed by atoms with Gasteiger partial charge in [0.15, 0.2) is 5.78 Å². The van der Waals surface area contributed by atoms with Gasteiger partial charge in [-0.05, 0) is 47.5 Å². The molecule has 3 aromatic carbocycles. The molecule has 10 heteroatoms. The third-order valence-electron chi connectivity index (χ3n) is 7.39. The van der Waals surface area contributed by atoms with Crippen LogP contribution in [0.2, 0.25) is 0 Å². The standard InChI is InChI=1S/C28H20F3N3O4/c1-38-17-12-10-15(11-13-17)25(35)24-22-21(23-18-7-3-2-6-16(18)14-32-34(23)24)26(36)33(27(22)37)20-9-5-4-8-19(20)28(29,30)31/h2-14,21-24H,1H3/t21-,22+,23+,24-/m1/s1. The number of methoxy groups -OCH3 is 1. The highest BCUT2D eigenvalue weighted by Crippen LogP contribution is 2.54. The molecular formula is C28H20F3N3O4. The van der Waals surface area contributed by atoms with Crippen molar-refractivity contribution in [3.8, 4) is 5.75 Å². The molecule has 3 aliphatic heterocycles. The summed E-state index contributed by atoms with van der Waals surface area (Å²) in [4.78, 5) is 42.2. The minimum absolute atomic E-state index is 0.263. The molecule has 7 nitrogen and oxygen atoms in total. The summed E-state index contributed by atoms with van der Waals surface area (Å²) in [5, 5.41) is 5.93. The van der Waals surface area contributed by atoms with Gasteiger partial charge in [0.25, 0.3) is 0 Å². The molecule has 0 N–H and O–H groups in total. The topological polar surface area (TPSA) is 79.3 Å². The quantitative estimate of drug-likeness (QED) is 0.375. The second kappa shape index (κ2) is 8.54. The number of fused-ring (bicyclic) bond motifs is 5. The number of halogens is 3. The number of Topliss-reactive ketones (excluding diaryl/α,β-unsaturated/α-hetero) is 1. The maximum atomic E-state index is 13.9. The van der Waals surface area contributed by atoms with Gasteiger partial charge < -0.3 is 4.74 Å². The van der Waals surface area contributed by atoms with E-state index in [1.165, 1.54) is 24.3 Å². The fourth-order valence-corrected chi connectivity index (χ4v) is 5.74. The van der Waals surface area contributed by atoms with Crippen molar-refractivity contribution >= 4 is 29.5 Å². The Bertz CT molecular complexity index is 1500. The number of anilines is 1. The summed E-state index contributed by atoms with van der Waals surface area (Å²) in [5.74, 6) is -3.92. The van der Waals surface area contributed by atoms with E-state index in [0.29, 0.717) is 21.8 Å². The van der Waals surface area contributed by atoms with Crippen LogP contribution >= 0.6 is 0 Å². The Hall–Kier alpha value is -4.47. The van der Waals surface area contributed by atoms with Crippen LogP contribution in [0.4, 0.5) is 18.9 Å². The fraction of sp³-hybridized carbons (Fsp3) is 0.214. The van der Waals surface area contributed by atoms with Gasteiger partial charge in [-0.3, -0.25) is 19.4 Å². The molecule has 3 aliphatic rings. The molecule has 38 heavy (non-hydrogen) atoms. The number of nitrogens with zero attached hydrogens (tertiary/aromatic N) is 3. The molecule has 2 saturated heterocycles. The highest BCUT2D eigenvalue weighted by Gasteiger charge is 2.65. The minimum Gasteiger partial charge on any atom is -0.497 e. The first-order valence-electron chi connectivity index (χ1n) is 11.9. The largest absolute Gasteiger partial charge is 0.497 e. The van der Waals surface area contributed by atoms with Crippen LogP contribution in [0.5, 0.6) is 5.75 Å². The van der Waals surface area contributed by atoms with E-state index in [0.717, 1.165) is 12.1 Å². The van der Waals surface area contributed by atoms with Crippen LogP contribution in [0.1, 0.15) is 33.1 Å². The van der Waals surface area contributed by atoms with Gasteiger partial charge in [0.1, 0.15) is 11.8 Å². The van der Waals surface area contributed by atoms with Crippen LogP contribution < -0.4 is 9.64 Å². The lowest BCUT2D eigenvalue weighted by Gasteiger charge is -2.34. The molecule has 0 aromatic heterocycles. The Morgan fingerprint density at radius 1 is 0.895 bits per heavy atom. The Balaban J connectivity index is 1.50. The molecule has 0 saturated carbocycles. The number of imide groups is 1. The zero-order valence-electron chi connectivity index (χ0n) is 19.9. The summed E-state index contributed by atoms with van der Waals surface area (Å²) in [5.41, 5.74) is 0.00513. The lowest BCUT2D eigenvalue weighted by molar-refractivity contribution is -0.137. The SMILES string of the molecule is COc1ccc(C(=O)[C@H]2[C@H]3C(=O)N(c4ccccc4C(F)(F)F)C(=O)[C@H]3[C@@H]3c4ccccc4C=NN23)cc1. The van der Waals surface area contributed by atoms with Crippen molar-refractivity contribution in [2.75, 3.05) is 12.0 Å². The molecule has 2 amide bonds. The maximum Gasteiger partial charge on any atom is 0.418 e. The molecule has 0 unspecified atom stereocenters. The second-order valence-corrected chi connectivity index (χ2v) is 9.31. The van der Waals surface area contributed by atoms with Gasteiger partial charge in [0.05, 0.1) is 42.5 Å². The van der Waals surface area contributed by atoms with Gasteiger partial charge in [-0.15, -0.1) is 0 Å². The van der Waals surface area contributed by atoms with Gasteiger partial charge >= 0.3 is 6.18 Å². The van der Waals surface area contributed by atoms with Crippen molar-refractivity contribution in [1.29, 1.82) is 0 Å². The number of rotatable bonds is 4. The number of ketones is 1. The fourth-order valence-electron chi connectivity index (χ4n) is 5.74. The number of benzene rings is 3. The maximum absolute atomic E-state index is 13.9. The first kappa shape index (κ1) is 23.9. The summed E-state index contributed by atoms with van der Waals surface area (Å²) in [7, 11) is 1.49. The Morgan fingerprint density at radius 3 is 2.26 bits per heavy atom. The van der Waals surface area contributed by atoms with Crippen LogP contribution in [0.15, 0.2) is 77.9 Å². The van der Waals surface area contributed by atoms with E-state index in [4.69, 9.17) is 4.74 Å². The van der Waals surface area contributed by atoms with E-state index in [-0.39, 0.29) is 5.56 Å². The van der Waals surface area contributed by atoms with Crippen molar-refractivity contribution < 1.29 is 32.3 Å². The number of hydrogen-bond donors (Lipinski definition) is 0. The average Bonchev–Trinajstić information content (AvgIpc) is 3.40. The van der Waals surface area contributed by atoms with Gasteiger partial charge in [-0.25, -0.2) is 4.90 Å². The number of amides is 2. The van der Waals surface area contributed by atoms with Crippen LogP contribution in [-0.4, -0.2) is 42.0 Å². The number of hydrogen-bond acceptors (Lipinski definition) is 6. The van der Waals surface area contributed by atoms with Gasteiger partial charge in [-0.1, -0.05) is 36.4 Å². The molecule has 2 fully saturated rings. The average molecular weight is 519 g/mol. The summed E-state index contributed by atoms with van der Waals surface area (Å²) >= 11 is 0. The monoisotopic (exact) mass is 519 g/mol. The second-order valence-electron chi connectivity index (χ2n) is 9.31. The first-order chi connectivity index (χ1) is 18.2. The molecule has 0 spiro atoms. The molecule has 0 bridgehead atoms. The van der Waals surface area contributed by atoms with Crippen molar-refractivity contribution in [2.45, 2.75) is 18.3 Å². The van der Waals surface area contributed by atoms with Crippen molar-refractivity contribution in [1.82, 2.24) is 5.01 Å². The number of alkyl halides is 3. The Morgan fingerprint density at radius 2 is 1.55 bits per heavy atom. The smallest absolute Gasteiger partial charge is 0.418 e. The van der Waals surface area contributed by atoms with E-state index in [1.54, 1.807) is 54.7 Å². The molecule has 0 radical (unpaired) electrons. The Kier molecular flexibility index (Phi) is 5.37. The van der Waals surface area contributed by atoms with Crippen molar-refractivity contribution in [3.63, 3.8) is 0 Å². The van der Waals surface area contributed by atoms with E-state index in [9.17, 15) is 27.6 Å². The zero-order chi connectivity index (χ0) is 26.8. The van der Waals surface area contributed by atoms with Gasteiger partial charge in [0.2, 0.25) is 11.8 Å². The summed E-state index contributed by atoms with van der Waals surface area (Å²) in [6.45, 7) is 0. The molecule has 3 heterocycles. The predicted octanol–water partition coefficient (Wildman–Crippen LogP) is 4.48. The first-order valence-corrected chi connectivity index (χ1v) is 11.9. The number of hydrazone groups is 1. The van der Waals surface area contributed by atoms with Gasteiger partial charge in [-0.2, -0.15) is 18.3 Å². The molecule has 3 aromatic rings. The lowest BCUT2D eigenvalue weighted by Crippen LogP contribution is -2.45. The van der Waals surface area contributed by atoms with E-state index >= 15 is 0 Å². The van der Waals surface area contributed by atoms with Crippen LogP contribution in [-0.2, 0) is 15.8 Å². The number of para-hydroxylation sites is 1. The zero-order valence-corrected chi connectivity index (χ0v) is 19.9. The van der Waals surface area contributed by atoms with Crippen molar-refractivity contribution in [3.05, 3.63) is 95.1 Å². The minimum atomic E-state index is -4.79. The third-order valence-corrected chi connectivity index (χ3v) is 7.39. The summed E-state index contributed by atoms with van der Waals surface area (Å²) in [6, 6.07) is 15.9. The number of ether oxygens (including phenoxy) is 1. The van der Waals surface area contributed by atoms with Crippen LogP contribution in [0.3, 0.4) is 0 Å². The molecule has 192 valence electrons.